The standard InChI is InChI=1S/C22H26N2O3/c1-16-4-3-5-19(14-16)17-6-8-20(9-7-17)23-22(26)18-10-12-24(13-11-18)21(25)15-27-2/h3-9,14,18H,10-13,15H2,1-2H3,(H,23,26). The topological polar surface area (TPSA) is 58.6 Å². The normalized spacial score (nSPS) is 14.8. The second-order valence-electron chi connectivity index (χ2n) is 7.02. The van der Waals surface area contributed by atoms with Crippen LogP contribution in [0.3, 0.4) is 0 Å². The number of anilines is 1. The van der Waals surface area contributed by atoms with Gasteiger partial charge in [-0.3, -0.25) is 9.59 Å². The van der Waals surface area contributed by atoms with Crippen LogP contribution in [0, 0.1) is 12.8 Å². The van der Waals surface area contributed by atoms with E-state index < -0.39 is 0 Å². The highest BCUT2D eigenvalue weighted by Crippen LogP contribution is 2.24. The summed E-state index contributed by atoms with van der Waals surface area (Å²) in [6, 6.07) is 16.3. The lowest BCUT2D eigenvalue weighted by atomic mass is 9.95. The predicted octanol–water partition coefficient (Wildman–Crippen LogP) is 3.49. The van der Waals surface area contributed by atoms with Crippen LogP contribution in [0.1, 0.15) is 18.4 Å². The molecule has 1 aliphatic rings. The first-order chi connectivity index (χ1) is 13.1. The SMILES string of the molecule is COCC(=O)N1CCC(C(=O)Nc2ccc(-c3cccc(C)c3)cc2)CC1. The fourth-order valence-electron chi connectivity index (χ4n) is 3.42. The third kappa shape index (κ3) is 4.95. The number of piperidine rings is 1. The maximum atomic E-state index is 12.5. The van der Waals surface area contributed by atoms with Gasteiger partial charge in [-0.05, 0) is 43.0 Å². The zero-order valence-electron chi connectivity index (χ0n) is 15.9. The fraction of sp³-hybridized carbons (Fsp3) is 0.364. The first kappa shape index (κ1) is 19.1. The van der Waals surface area contributed by atoms with Gasteiger partial charge in [0, 0.05) is 31.8 Å². The number of likely N-dealkylation sites (tertiary alicyclic amines) is 1. The third-order valence-corrected chi connectivity index (χ3v) is 4.99. The quantitative estimate of drug-likeness (QED) is 0.881. The average molecular weight is 366 g/mol. The molecule has 2 amide bonds. The molecule has 1 fully saturated rings. The van der Waals surface area contributed by atoms with Crippen LogP contribution in [0.2, 0.25) is 0 Å². The van der Waals surface area contributed by atoms with Crippen LogP contribution in [0.4, 0.5) is 5.69 Å². The number of benzene rings is 2. The van der Waals surface area contributed by atoms with Crippen LogP contribution in [0.5, 0.6) is 0 Å². The lowest BCUT2D eigenvalue weighted by Crippen LogP contribution is -2.42. The summed E-state index contributed by atoms with van der Waals surface area (Å²) in [5.74, 6) is -0.0479. The Hall–Kier alpha value is -2.66. The summed E-state index contributed by atoms with van der Waals surface area (Å²) in [6.07, 6.45) is 1.37. The molecule has 0 bridgehead atoms. The molecule has 0 atom stereocenters. The molecule has 0 spiro atoms. The zero-order chi connectivity index (χ0) is 19.2. The van der Waals surface area contributed by atoms with E-state index in [4.69, 9.17) is 4.74 Å². The number of ether oxygens (including phenoxy) is 1. The Morgan fingerprint density at radius 2 is 1.78 bits per heavy atom. The van der Waals surface area contributed by atoms with Gasteiger partial charge < -0.3 is 15.0 Å². The van der Waals surface area contributed by atoms with Crippen LogP contribution in [0.15, 0.2) is 48.5 Å². The molecule has 0 aromatic heterocycles. The Morgan fingerprint density at radius 1 is 1.07 bits per heavy atom. The number of nitrogens with one attached hydrogen (secondary N) is 1. The van der Waals surface area contributed by atoms with Gasteiger partial charge in [0.05, 0.1) is 0 Å². The average Bonchev–Trinajstić information content (AvgIpc) is 2.69. The second-order valence-corrected chi connectivity index (χ2v) is 7.02. The summed E-state index contributed by atoms with van der Waals surface area (Å²) >= 11 is 0. The third-order valence-electron chi connectivity index (χ3n) is 4.99. The van der Waals surface area contributed by atoms with Crippen LogP contribution in [-0.2, 0) is 14.3 Å². The van der Waals surface area contributed by atoms with Crippen molar-refractivity contribution >= 4 is 17.5 Å². The van der Waals surface area contributed by atoms with Crippen molar-refractivity contribution in [3.05, 3.63) is 54.1 Å². The second kappa shape index (κ2) is 8.82. The molecule has 2 aromatic carbocycles. The van der Waals surface area contributed by atoms with E-state index in [1.165, 1.54) is 18.2 Å². The van der Waals surface area contributed by atoms with E-state index in [2.05, 4.69) is 30.4 Å². The van der Waals surface area contributed by atoms with Crippen molar-refractivity contribution in [2.45, 2.75) is 19.8 Å². The van der Waals surface area contributed by atoms with Crippen molar-refractivity contribution in [2.24, 2.45) is 5.92 Å². The van der Waals surface area contributed by atoms with Gasteiger partial charge in [0.25, 0.3) is 0 Å². The van der Waals surface area contributed by atoms with Gasteiger partial charge >= 0.3 is 0 Å². The first-order valence-corrected chi connectivity index (χ1v) is 9.31. The van der Waals surface area contributed by atoms with Crippen molar-refractivity contribution in [1.82, 2.24) is 4.90 Å². The molecule has 1 saturated heterocycles. The Labute approximate surface area is 160 Å². The minimum atomic E-state index is -0.0620. The molecule has 0 saturated carbocycles. The molecule has 0 unspecified atom stereocenters. The number of rotatable bonds is 5. The van der Waals surface area contributed by atoms with Gasteiger partial charge in [-0.15, -0.1) is 0 Å². The molecule has 1 aliphatic heterocycles. The summed E-state index contributed by atoms with van der Waals surface area (Å²) in [4.78, 5) is 26.1. The van der Waals surface area contributed by atoms with Crippen molar-refractivity contribution in [2.75, 3.05) is 32.1 Å². The van der Waals surface area contributed by atoms with Crippen LogP contribution >= 0.6 is 0 Å². The summed E-state index contributed by atoms with van der Waals surface area (Å²) in [5.41, 5.74) is 4.32. The van der Waals surface area contributed by atoms with E-state index >= 15 is 0 Å². The van der Waals surface area contributed by atoms with Gasteiger partial charge in [0.1, 0.15) is 6.61 Å². The number of methoxy groups -OCH3 is 1. The monoisotopic (exact) mass is 366 g/mol. The van der Waals surface area contributed by atoms with Crippen molar-refractivity contribution in [3.63, 3.8) is 0 Å². The molecule has 3 rings (SSSR count). The molecule has 0 radical (unpaired) electrons. The zero-order valence-corrected chi connectivity index (χ0v) is 15.9. The highest BCUT2D eigenvalue weighted by molar-refractivity contribution is 5.93. The minimum Gasteiger partial charge on any atom is -0.375 e. The molecule has 5 heteroatoms. The highest BCUT2D eigenvalue weighted by Gasteiger charge is 2.27. The number of nitrogens with zero attached hydrogens (tertiary/aromatic N) is 1. The molecule has 142 valence electrons. The van der Waals surface area contributed by atoms with E-state index in [-0.39, 0.29) is 24.3 Å². The maximum absolute atomic E-state index is 12.5. The van der Waals surface area contributed by atoms with Crippen molar-refractivity contribution in [1.29, 1.82) is 0 Å². The number of carbonyl (C=O) groups excluding carboxylic acids is 2. The highest BCUT2D eigenvalue weighted by atomic mass is 16.5. The molecular weight excluding hydrogens is 340 g/mol. The van der Waals surface area contributed by atoms with Crippen LogP contribution < -0.4 is 5.32 Å². The van der Waals surface area contributed by atoms with Gasteiger partial charge in [0.15, 0.2) is 0 Å². The number of hydrogen-bond donors (Lipinski definition) is 1. The molecule has 2 aromatic rings. The van der Waals surface area contributed by atoms with E-state index in [9.17, 15) is 9.59 Å². The van der Waals surface area contributed by atoms with E-state index in [1.54, 1.807) is 4.90 Å². The molecule has 1 N–H and O–H groups in total. The van der Waals surface area contributed by atoms with Crippen molar-refractivity contribution < 1.29 is 14.3 Å². The molecule has 1 heterocycles. The maximum Gasteiger partial charge on any atom is 0.248 e. The largest absolute Gasteiger partial charge is 0.375 e. The fourth-order valence-corrected chi connectivity index (χ4v) is 3.42. The number of aryl methyl sites for hydroxylation is 1. The number of amides is 2. The first-order valence-electron chi connectivity index (χ1n) is 9.31. The minimum absolute atomic E-state index is 0.0110. The van der Waals surface area contributed by atoms with E-state index in [1.807, 2.05) is 30.3 Å². The summed E-state index contributed by atoms with van der Waals surface area (Å²) in [7, 11) is 1.52. The Bertz CT molecular complexity index is 793. The Morgan fingerprint density at radius 3 is 2.41 bits per heavy atom. The lowest BCUT2D eigenvalue weighted by molar-refractivity contribution is -0.138. The van der Waals surface area contributed by atoms with Crippen LogP contribution in [-0.4, -0.2) is 43.5 Å². The van der Waals surface area contributed by atoms with Crippen LogP contribution in [0.25, 0.3) is 11.1 Å². The Kier molecular flexibility index (Phi) is 6.24. The van der Waals surface area contributed by atoms with E-state index in [0.29, 0.717) is 25.9 Å². The lowest BCUT2D eigenvalue weighted by Gasteiger charge is -2.31. The van der Waals surface area contributed by atoms with Gasteiger partial charge in [-0.1, -0.05) is 42.0 Å². The summed E-state index contributed by atoms with van der Waals surface area (Å²) in [5, 5.41) is 3.00. The predicted molar refractivity (Wildman–Crippen MR) is 106 cm³/mol. The van der Waals surface area contributed by atoms with Crippen molar-refractivity contribution in [3.8, 4) is 11.1 Å². The summed E-state index contributed by atoms with van der Waals surface area (Å²) < 4.78 is 4.89. The molecule has 5 nitrogen and oxygen atoms in total. The van der Waals surface area contributed by atoms with E-state index in [0.717, 1.165) is 11.3 Å². The molecule has 0 aliphatic carbocycles. The van der Waals surface area contributed by atoms with Gasteiger partial charge in [-0.2, -0.15) is 0 Å². The number of carbonyl (C=O) groups is 2. The smallest absolute Gasteiger partial charge is 0.248 e. The van der Waals surface area contributed by atoms with Gasteiger partial charge in [-0.25, -0.2) is 0 Å². The summed E-state index contributed by atoms with van der Waals surface area (Å²) in [6.45, 7) is 3.38. The van der Waals surface area contributed by atoms with Gasteiger partial charge in [0.2, 0.25) is 11.8 Å². The Balaban J connectivity index is 1.55. The molecule has 27 heavy (non-hydrogen) atoms. The number of hydrogen-bond acceptors (Lipinski definition) is 3. The molecular formula is C22H26N2O3.